The van der Waals surface area contributed by atoms with E-state index in [0.717, 1.165) is 31.2 Å². The molecule has 2 rings (SSSR count). The van der Waals surface area contributed by atoms with Crippen molar-refractivity contribution in [3.8, 4) is 0 Å². The lowest BCUT2D eigenvalue weighted by atomic mass is 10.2. The quantitative estimate of drug-likeness (QED) is 0.778. The molecule has 1 saturated heterocycles. The van der Waals surface area contributed by atoms with E-state index in [9.17, 15) is 0 Å². The molecule has 0 spiro atoms. The van der Waals surface area contributed by atoms with E-state index < -0.39 is 0 Å². The van der Waals surface area contributed by atoms with Crippen molar-refractivity contribution < 1.29 is 4.74 Å². The molecule has 4 nitrogen and oxygen atoms in total. The van der Waals surface area contributed by atoms with E-state index in [1.807, 2.05) is 6.07 Å². The van der Waals surface area contributed by atoms with Crippen molar-refractivity contribution in [1.82, 2.24) is 9.97 Å². The number of anilines is 1. The van der Waals surface area contributed by atoms with Gasteiger partial charge in [-0.05, 0) is 6.42 Å². The van der Waals surface area contributed by atoms with Gasteiger partial charge in [-0.3, -0.25) is 0 Å². The van der Waals surface area contributed by atoms with Gasteiger partial charge in [0.2, 0.25) is 0 Å². The zero-order chi connectivity index (χ0) is 12.4. The highest BCUT2D eigenvalue weighted by atomic mass is 35.5. The Bertz CT molecular complexity index is 397. The van der Waals surface area contributed by atoms with Gasteiger partial charge in [-0.1, -0.05) is 25.4 Å². The SMILES string of the molecule is COC1CCN(c2cc(Cl)nc(C(C)C)n2)C1. The van der Waals surface area contributed by atoms with Gasteiger partial charge < -0.3 is 9.64 Å². The van der Waals surface area contributed by atoms with Crippen LogP contribution in [0, 0.1) is 0 Å². The van der Waals surface area contributed by atoms with Crippen LogP contribution >= 0.6 is 11.6 Å². The van der Waals surface area contributed by atoms with Crippen molar-refractivity contribution >= 4 is 17.4 Å². The molecule has 5 heteroatoms. The van der Waals surface area contributed by atoms with Crippen LogP contribution in [-0.2, 0) is 4.74 Å². The Morgan fingerprint density at radius 3 is 2.82 bits per heavy atom. The van der Waals surface area contributed by atoms with E-state index in [4.69, 9.17) is 16.3 Å². The first-order chi connectivity index (χ1) is 8.10. The van der Waals surface area contributed by atoms with Crippen LogP contribution in [0.3, 0.4) is 0 Å². The highest BCUT2D eigenvalue weighted by Crippen LogP contribution is 2.23. The molecular weight excluding hydrogens is 238 g/mol. The van der Waals surface area contributed by atoms with Crippen LogP contribution in [-0.4, -0.2) is 36.3 Å². The summed E-state index contributed by atoms with van der Waals surface area (Å²) in [6.45, 7) is 5.97. The van der Waals surface area contributed by atoms with Crippen LogP contribution in [0.4, 0.5) is 5.82 Å². The first kappa shape index (κ1) is 12.6. The maximum absolute atomic E-state index is 6.03. The number of halogens is 1. The summed E-state index contributed by atoms with van der Waals surface area (Å²) in [4.78, 5) is 11.0. The maximum Gasteiger partial charge on any atom is 0.135 e. The number of aromatic nitrogens is 2. The fraction of sp³-hybridized carbons (Fsp3) is 0.667. The number of ether oxygens (including phenoxy) is 1. The highest BCUT2D eigenvalue weighted by molar-refractivity contribution is 6.29. The molecule has 0 aromatic carbocycles. The molecule has 17 heavy (non-hydrogen) atoms. The molecule has 1 aromatic heterocycles. The molecule has 2 heterocycles. The number of hydrogen-bond acceptors (Lipinski definition) is 4. The van der Waals surface area contributed by atoms with Crippen molar-refractivity contribution in [2.24, 2.45) is 0 Å². The Hall–Kier alpha value is -0.870. The largest absolute Gasteiger partial charge is 0.380 e. The normalized spacial score (nSPS) is 20.3. The molecule has 0 aliphatic carbocycles. The second kappa shape index (κ2) is 5.19. The van der Waals surface area contributed by atoms with Gasteiger partial charge in [0.05, 0.1) is 6.10 Å². The maximum atomic E-state index is 6.03. The van der Waals surface area contributed by atoms with Crippen LogP contribution in [0.5, 0.6) is 0 Å². The lowest BCUT2D eigenvalue weighted by molar-refractivity contribution is 0.121. The molecular formula is C12H18ClN3O. The fourth-order valence-electron chi connectivity index (χ4n) is 1.97. The summed E-state index contributed by atoms with van der Waals surface area (Å²) < 4.78 is 5.35. The van der Waals surface area contributed by atoms with E-state index in [2.05, 4.69) is 28.7 Å². The topological polar surface area (TPSA) is 38.2 Å². The van der Waals surface area contributed by atoms with Gasteiger partial charge in [0.25, 0.3) is 0 Å². The van der Waals surface area contributed by atoms with E-state index >= 15 is 0 Å². The first-order valence-electron chi connectivity index (χ1n) is 5.92. The zero-order valence-corrected chi connectivity index (χ0v) is 11.2. The smallest absolute Gasteiger partial charge is 0.135 e. The van der Waals surface area contributed by atoms with Crippen molar-refractivity contribution in [3.63, 3.8) is 0 Å². The lowest BCUT2D eigenvalue weighted by Crippen LogP contribution is -2.23. The second-order valence-corrected chi connectivity index (χ2v) is 5.04. The Morgan fingerprint density at radius 2 is 2.24 bits per heavy atom. The summed E-state index contributed by atoms with van der Waals surface area (Å²) in [6.07, 6.45) is 1.33. The molecule has 0 amide bonds. The predicted molar refractivity (Wildman–Crippen MR) is 68.8 cm³/mol. The number of rotatable bonds is 3. The van der Waals surface area contributed by atoms with Gasteiger partial charge >= 0.3 is 0 Å². The van der Waals surface area contributed by atoms with Gasteiger partial charge in [-0.25, -0.2) is 9.97 Å². The van der Waals surface area contributed by atoms with Crippen LogP contribution in [0.2, 0.25) is 5.15 Å². The zero-order valence-electron chi connectivity index (χ0n) is 10.5. The number of nitrogens with zero attached hydrogens (tertiary/aromatic N) is 3. The molecule has 0 saturated carbocycles. The summed E-state index contributed by atoms with van der Waals surface area (Å²) in [6, 6.07) is 1.82. The van der Waals surface area contributed by atoms with Crippen LogP contribution in [0.1, 0.15) is 32.0 Å². The monoisotopic (exact) mass is 255 g/mol. The number of methoxy groups -OCH3 is 1. The van der Waals surface area contributed by atoms with Gasteiger partial charge in [0, 0.05) is 32.2 Å². The van der Waals surface area contributed by atoms with Crippen molar-refractivity contribution in [2.45, 2.75) is 32.3 Å². The summed E-state index contributed by atoms with van der Waals surface area (Å²) in [5.74, 6) is 2.00. The molecule has 1 unspecified atom stereocenters. The summed E-state index contributed by atoms with van der Waals surface area (Å²) >= 11 is 6.03. The van der Waals surface area contributed by atoms with Crippen molar-refractivity contribution in [2.75, 3.05) is 25.1 Å². The third-order valence-corrected chi connectivity index (χ3v) is 3.21. The predicted octanol–water partition coefficient (Wildman–Crippen LogP) is 2.48. The molecule has 1 aromatic rings. The van der Waals surface area contributed by atoms with E-state index in [1.54, 1.807) is 7.11 Å². The molecule has 1 aliphatic heterocycles. The lowest BCUT2D eigenvalue weighted by Gasteiger charge is -2.18. The summed E-state index contributed by atoms with van der Waals surface area (Å²) in [5, 5.41) is 0.513. The molecule has 1 fully saturated rings. The van der Waals surface area contributed by atoms with Crippen molar-refractivity contribution in [1.29, 1.82) is 0 Å². The summed E-state index contributed by atoms with van der Waals surface area (Å²) in [7, 11) is 1.75. The highest BCUT2D eigenvalue weighted by Gasteiger charge is 2.24. The minimum Gasteiger partial charge on any atom is -0.380 e. The third kappa shape index (κ3) is 2.87. The van der Waals surface area contributed by atoms with E-state index in [-0.39, 0.29) is 5.92 Å². The Labute approximate surface area is 107 Å². The number of hydrogen-bond donors (Lipinski definition) is 0. The molecule has 0 radical (unpaired) electrons. The van der Waals surface area contributed by atoms with Crippen LogP contribution < -0.4 is 4.90 Å². The van der Waals surface area contributed by atoms with E-state index in [1.165, 1.54) is 0 Å². The standard InChI is InChI=1S/C12H18ClN3O/c1-8(2)12-14-10(13)6-11(15-12)16-5-4-9(7-16)17-3/h6,8-9H,4-5,7H2,1-3H3. The Morgan fingerprint density at radius 1 is 1.47 bits per heavy atom. The fourth-order valence-corrected chi connectivity index (χ4v) is 2.16. The average Bonchev–Trinajstić information content (AvgIpc) is 2.76. The molecule has 1 atom stereocenters. The molecule has 0 N–H and O–H groups in total. The minimum absolute atomic E-state index is 0.285. The Kier molecular flexibility index (Phi) is 3.84. The van der Waals surface area contributed by atoms with Gasteiger partial charge in [-0.15, -0.1) is 0 Å². The van der Waals surface area contributed by atoms with Gasteiger partial charge in [0.1, 0.15) is 16.8 Å². The van der Waals surface area contributed by atoms with Gasteiger partial charge in [-0.2, -0.15) is 0 Å². The second-order valence-electron chi connectivity index (χ2n) is 4.65. The molecule has 1 aliphatic rings. The van der Waals surface area contributed by atoms with E-state index in [0.29, 0.717) is 11.3 Å². The average molecular weight is 256 g/mol. The molecule has 94 valence electrons. The van der Waals surface area contributed by atoms with Gasteiger partial charge in [0.15, 0.2) is 0 Å². The Balaban J connectivity index is 2.21. The first-order valence-corrected chi connectivity index (χ1v) is 6.30. The van der Waals surface area contributed by atoms with Crippen LogP contribution in [0.25, 0.3) is 0 Å². The third-order valence-electron chi connectivity index (χ3n) is 3.02. The van der Waals surface area contributed by atoms with Crippen molar-refractivity contribution in [3.05, 3.63) is 17.0 Å². The van der Waals surface area contributed by atoms with Crippen LogP contribution in [0.15, 0.2) is 6.07 Å². The minimum atomic E-state index is 0.285. The summed E-state index contributed by atoms with van der Waals surface area (Å²) in [5.41, 5.74) is 0. The molecule has 0 bridgehead atoms.